The maximum atomic E-state index is 13.0. The summed E-state index contributed by atoms with van der Waals surface area (Å²) < 4.78 is 18.7. The van der Waals surface area contributed by atoms with Gasteiger partial charge in [-0.1, -0.05) is 12.1 Å². The van der Waals surface area contributed by atoms with Gasteiger partial charge in [0.25, 0.3) is 0 Å². The second-order valence-corrected chi connectivity index (χ2v) is 6.66. The zero-order valence-electron chi connectivity index (χ0n) is 17.2. The molecule has 2 rings (SSSR count). The standard InChI is InChI=1S/C22H29FN4O2/c1-4-24-22(26-15-16(2)29-21-11-7-19(23)8-12-21)25-14-13-18-5-9-20(10-6-18)27-17(3)28/h5-12,16H,4,13-15H2,1-3H3,(H,27,28)(H2,24,25,26). The molecule has 0 aromatic heterocycles. The number of nitrogens with one attached hydrogen (secondary N) is 3. The fourth-order valence-corrected chi connectivity index (χ4v) is 2.63. The Labute approximate surface area is 171 Å². The van der Waals surface area contributed by atoms with Crippen molar-refractivity contribution >= 4 is 17.6 Å². The van der Waals surface area contributed by atoms with Crippen LogP contribution in [0.5, 0.6) is 5.75 Å². The Morgan fingerprint density at radius 3 is 2.41 bits per heavy atom. The first-order chi connectivity index (χ1) is 14.0. The molecule has 1 amide bonds. The quantitative estimate of drug-likeness (QED) is 0.446. The molecule has 7 heteroatoms. The predicted molar refractivity (Wildman–Crippen MR) is 115 cm³/mol. The van der Waals surface area contributed by atoms with Gasteiger partial charge in [-0.3, -0.25) is 4.79 Å². The van der Waals surface area contributed by atoms with Gasteiger partial charge in [0.2, 0.25) is 5.91 Å². The minimum absolute atomic E-state index is 0.0800. The van der Waals surface area contributed by atoms with E-state index in [2.05, 4.69) is 20.9 Å². The van der Waals surface area contributed by atoms with Crippen molar-refractivity contribution in [1.29, 1.82) is 0 Å². The molecule has 0 fully saturated rings. The molecular weight excluding hydrogens is 371 g/mol. The molecule has 0 radical (unpaired) electrons. The molecule has 2 aromatic carbocycles. The molecule has 1 atom stereocenters. The number of benzene rings is 2. The van der Waals surface area contributed by atoms with E-state index in [0.717, 1.165) is 36.7 Å². The Morgan fingerprint density at radius 2 is 1.79 bits per heavy atom. The van der Waals surface area contributed by atoms with Crippen LogP contribution in [0.1, 0.15) is 26.3 Å². The molecule has 0 spiro atoms. The molecule has 29 heavy (non-hydrogen) atoms. The number of carbonyl (C=O) groups excluding carboxylic acids is 1. The molecule has 2 aromatic rings. The van der Waals surface area contributed by atoms with E-state index in [4.69, 9.17) is 4.74 Å². The van der Waals surface area contributed by atoms with Gasteiger partial charge in [0, 0.05) is 25.7 Å². The van der Waals surface area contributed by atoms with Crippen molar-refractivity contribution < 1.29 is 13.9 Å². The molecule has 1 unspecified atom stereocenters. The number of guanidine groups is 1. The number of halogens is 1. The topological polar surface area (TPSA) is 74.8 Å². The average Bonchev–Trinajstić information content (AvgIpc) is 2.69. The maximum absolute atomic E-state index is 13.0. The SMILES string of the molecule is CCNC(=NCC(C)Oc1ccc(F)cc1)NCCc1ccc(NC(C)=O)cc1. The molecular formula is C22H29FN4O2. The summed E-state index contributed by atoms with van der Waals surface area (Å²) >= 11 is 0. The molecule has 0 aliphatic rings. The van der Waals surface area contributed by atoms with Crippen molar-refractivity contribution in [3.63, 3.8) is 0 Å². The average molecular weight is 400 g/mol. The highest BCUT2D eigenvalue weighted by molar-refractivity contribution is 5.88. The van der Waals surface area contributed by atoms with Crippen LogP contribution in [0.2, 0.25) is 0 Å². The fraction of sp³-hybridized carbons (Fsp3) is 0.364. The smallest absolute Gasteiger partial charge is 0.221 e. The lowest BCUT2D eigenvalue weighted by atomic mass is 10.1. The monoisotopic (exact) mass is 400 g/mol. The number of aliphatic imine (C=N–C) groups is 1. The Morgan fingerprint density at radius 1 is 1.10 bits per heavy atom. The zero-order valence-corrected chi connectivity index (χ0v) is 17.2. The van der Waals surface area contributed by atoms with Gasteiger partial charge >= 0.3 is 0 Å². The van der Waals surface area contributed by atoms with Crippen LogP contribution in [0, 0.1) is 5.82 Å². The van der Waals surface area contributed by atoms with Crippen LogP contribution in [-0.2, 0) is 11.2 Å². The second-order valence-electron chi connectivity index (χ2n) is 6.66. The Bertz CT molecular complexity index is 791. The highest BCUT2D eigenvalue weighted by atomic mass is 19.1. The van der Waals surface area contributed by atoms with E-state index in [9.17, 15) is 9.18 Å². The third kappa shape index (κ3) is 8.64. The van der Waals surface area contributed by atoms with E-state index in [1.165, 1.54) is 19.1 Å². The van der Waals surface area contributed by atoms with Crippen molar-refractivity contribution in [2.24, 2.45) is 4.99 Å². The molecule has 0 aliphatic heterocycles. The molecule has 3 N–H and O–H groups in total. The fourth-order valence-electron chi connectivity index (χ4n) is 2.63. The predicted octanol–water partition coefficient (Wildman–Crippen LogP) is 3.35. The summed E-state index contributed by atoms with van der Waals surface area (Å²) in [5.74, 6) is 0.974. The molecule has 0 heterocycles. The first kappa shape index (κ1) is 22.2. The number of carbonyl (C=O) groups is 1. The summed E-state index contributed by atoms with van der Waals surface area (Å²) in [5, 5.41) is 9.28. The van der Waals surface area contributed by atoms with Crippen LogP contribution in [0.3, 0.4) is 0 Å². The van der Waals surface area contributed by atoms with Crippen molar-refractivity contribution in [3.8, 4) is 5.75 Å². The first-order valence-corrected chi connectivity index (χ1v) is 9.77. The van der Waals surface area contributed by atoms with Crippen LogP contribution < -0.4 is 20.7 Å². The minimum atomic E-state index is -0.286. The van der Waals surface area contributed by atoms with E-state index >= 15 is 0 Å². The lowest BCUT2D eigenvalue weighted by Gasteiger charge is -2.15. The molecule has 0 bridgehead atoms. The number of hydrogen-bond acceptors (Lipinski definition) is 3. The van der Waals surface area contributed by atoms with Crippen LogP contribution in [0.4, 0.5) is 10.1 Å². The van der Waals surface area contributed by atoms with E-state index in [1.807, 2.05) is 38.1 Å². The lowest BCUT2D eigenvalue weighted by molar-refractivity contribution is -0.114. The molecule has 156 valence electrons. The van der Waals surface area contributed by atoms with E-state index in [-0.39, 0.29) is 17.8 Å². The lowest BCUT2D eigenvalue weighted by Crippen LogP contribution is -2.39. The van der Waals surface area contributed by atoms with Crippen LogP contribution in [-0.4, -0.2) is 37.6 Å². The van der Waals surface area contributed by atoms with Gasteiger partial charge in [0.15, 0.2) is 5.96 Å². The van der Waals surface area contributed by atoms with Gasteiger partial charge in [-0.15, -0.1) is 0 Å². The summed E-state index contributed by atoms with van der Waals surface area (Å²) in [6, 6.07) is 13.7. The number of ether oxygens (including phenoxy) is 1. The zero-order chi connectivity index (χ0) is 21.1. The van der Waals surface area contributed by atoms with Crippen molar-refractivity contribution in [1.82, 2.24) is 10.6 Å². The molecule has 0 saturated carbocycles. The van der Waals surface area contributed by atoms with Crippen molar-refractivity contribution in [2.75, 3.05) is 25.0 Å². The van der Waals surface area contributed by atoms with Crippen molar-refractivity contribution in [2.45, 2.75) is 33.3 Å². The number of rotatable bonds is 9. The van der Waals surface area contributed by atoms with E-state index in [0.29, 0.717) is 12.3 Å². The molecule has 0 saturated heterocycles. The van der Waals surface area contributed by atoms with Crippen LogP contribution >= 0.6 is 0 Å². The van der Waals surface area contributed by atoms with Crippen LogP contribution in [0.25, 0.3) is 0 Å². The van der Waals surface area contributed by atoms with Crippen LogP contribution in [0.15, 0.2) is 53.5 Å². The van der Waals surface area contributed by atoms with Gasteiger partial charge in [-0.05, 0) is 62.2 Å². The number of anilines is 1. The highest BCUT2D eigenvalue weighted by Crippen LogP contribution is 2.13. The number of nitrogens with zero attached hydrogens (tertiary/aromatic N) is 1. The number of amides is 1. The Hall–Kier alpha value is -3.09. The first-order valence-electron chi connectivity index (χ1n) is 9.77. The summed E-state index contributed by atoms with van der Waals surface area (Å²) in [4.78, 5) is 15.6. The van der Waals surface area contributed by atoms with Gasteiger partial charge in [0.05, 0.1) is 6.54 Å². The van der Waals surface area contributed by atoms with Gasteiger partial charge in [-0.2, -0.15) is 0 Å². The summed E-state index contributed by atoms with van der Waals surface area (Å²) in [6.45, 7) is 7.37. The third-order valence-electron chi connectivity index (χ3n) is 3.98. The van der Waals surface area contributed by atoms with Crippen molar-refractivity contribution in [3.05, 3.63) is 59.9 Å². The Kier molecular flexibility index (Phi) is 8.95. The van der Waals surface area contributed by atoms with Gasteiger partial charge in [-0.25, -0.2) is 9.38 Å². The van der Waals surface area contributed by atoms with E-state index in [1.54, 1.807) is 12.1 Å². The largest absolute Gasteiger partial charge is 0.489 e. The highest BCUT2D eigenvalue weighted by Gasteiger charge is 2.05. The van der Waals surface area contributed by atoms with Gasteiger partial charge < -0.3 is 20.7 Å². The number of hydrogen-bond donors (Lipinski definition) is 3. The molecule has 0 aliphatic carbocycles. The van der Waals surface area contributed by atoms with E-state index < -0.39 is 0 Å². The molecule has 6 nitrogen and oxygen atoms in total. The summed E-state index contributed by atoms with van der Waals surface area (Å²) in [5.41, 5.74) is 1.95. The van der Waals surface area contributed by atoms with Gasteiger partial charge in [0.1, 0.15) is 17.7 Å². The summed E-state index contributed by atoms with van der Waals surface area (Å²) in [7, 11) is 0. The normalized spacial score (nSPS) is 12.2. The Balaban J connectivity index is 1.80. The summed E-state index contributed by atoms with van der Waals surface area (Å²) in [6.07, 6.45) is 0.684. The maximum Gasteiger partial charge on any atom is 0.221 e. The second kappa shape index (κ2) is 11.7. The third-order valence-corrected chi connectivity index (χ3v) is 3.98. The minimum Gasteiger partial charge on any atom is -0.489 e.